The molecule has 0 aliphatic carbocycles. The Bertz CT molecular complexity index is 1110. The number of ether oxygens (including phenoxy) is 2. The molecule has 0 atom stereocenters. The number of methoxy groups -OCH3 is 2. The summed E-state index contributed by atoms with van der Waals surface area (Å²) in [6.45, 7) is 6.25. The van der Waals surface area contributed by atoms with E-state index in [9.17, 15) is 9.59 Å². The Kier molecular flexibility index (Phi) is 5.16. The molecule has 0 saturated heterocycles. The highest BCUT2D eigenvalue weighted by atomic mass is 16.5. The molecule has 0 amide bonds. The van der Waals surface area contributed by atoms with E-state index in [0.717, 1.165) is 11.1 Å². The lowest BCUT2D eigenvalue weighted by Gasteiger charge is -2.16. The number of fused-ring (bicyclic) bond motifs is 1. The maximum Gasteiger partial charge on any atom is 0.332 e. The lowest BCUT2D eigenvalue weighted by molar-refractivity contribution is 0.355. The second-order valence-corrected chi connectivity index (χ2v) is 6.43. The highest BCUT2D eigenvalue weighted by molar-refractivity contribution is 5.82. The predicted octanol–water partition coefficient (Wildman–Crippen LogP) is 2.80. The average molecular weight is 366 g/mol. The molecule has 0 fully saturated rings. The maximum atomic E-state index is 13.1. The molecule has 0 aliphatic rings. The number of nitrogens with zero attached hydrogens (tertiary/aromatic N) is 2. The van der Waals surface area contributed by atoms with Crippen LogP contribution in [0.15, 0.2) is 64.2 Å². The van der Waals surface area contributed by atoms with Crippen LogP contribution in [0.3, 0.4) is 0 Å². The minimum Gasteiger partial charge on any atom is -0.493 e. The van der Waals surface area contributed by atoms with Crippen LogP contribution in [-0.2, 0) is 13.1 Å². The summed E-state index contributed by atoms with van der Waals surface area (Å²) in [6, 6.07) is 12.7. The van der Waals surface area contributed by atoms with E-state index >= 15 is 0 Å². The molecule has 2 aromatic carbocycles. The molecule has 0 bridgehead atoms. The van der Waals surface area contributed by atoms with Crippen LogP contribution in [0, 0.1) is 0 Å². The van der Waals surface area contributed by atoms with E-state index in [2.05, 4.69) is 6.58 Å². The van der Waals surface area contributed by atoms with Crippen LogP contribution >= 0.6 is 0 Å². The van der Waals surface area contributed by atoms with Crippen LogP contribution in [-0.4, -0.2) is 23.4 Å². The third-order valence-corrected chi connectivity index (χ3v) is 4.34. The SMILES string of the molecule is C=C(C)Cn1c(=O)n(Cc2ccccc2)c(=O)c2cc(OC)c(OC)cc21. The third-order valence-electron chi connectivity index (χ3n) is 4.34. The molecule has 0 N–H and O–H groups in total. The zero-order valence-corrected chi connectivity index (χ0v) is 15.7. The van der Waals surface area contributed by atoms with E-state index in [4.69, 9.17) is 9.47 Å². The monoisotopic (exact) mass is 366 g/mol. The van der Waals surface area contributed by atoms with E-state index in [-0.39, 0.29) is 17.8 Å². The Morgan fingerprint density at radius 2 is 1.63 bits per heavy atom. The van der Waals surface area contributed by atoms with Crippen molar-refractivity contribution in [3.05, 3.63) is 81.0 Å². The van der Waals surface area contributed by atoms with Crippen LogP contribution < -0.4 is 20.7 Å². The number of hydrogen-bond donors (Lipinski definition) is 0. The fourth-order valence-electron chi connectivity index (χ4n) is 3.07. The van der Waals surface area contributed by atoms with Gasteiger partial charge in [0.05, 0.1) is 31.7 Å². The Hall–Kier alpha value is -3.28. The van der Waals surface area contributed by atoms with Crippen molar-refractivity contribution < 1.29 is 9.47 Å². The van der Waals surface area contributed by atoms with Crippen molar-refractivity contribution in [2.24, 2.45) is 0 Å². The van der Waals surface area contributed by atoms with Crippen molar-refractivity contribution in [3.63, 3.8) is 0 Å². The second kappa shape index (κ2) is 7.53. The molecular formula is C21H22N2O4. The van der Waals surface area contributed by atoms with Gasteiger partial charge in [0.15, 0.2) is 11.5 Å². The number of hydrogen-bond acceptors (Lipinski definition) is 4. The van der Waals surface area contributed by atoms with Gasteiger partial charge in [-0.05, 0) is 18.6 Å². The van der Waals surface area contributed by atoms with Crippen molar-refractivity contribution in [1.29, 1.82) is 0 Å². The number of allylic oxidation sites excluding steroid dienone is 1. The molecule has 0 saturated carbocycles. The maximum absolute atomic E-state index is 13.1. The third kappa shape index (κ3) is 3.51. The normalized spacial score (nSPS) is 10.8. The summed E-state index contributed by atoms with van der Waals surface area (Å²) in [4.78, 5) is 26.2. The molecule has 1 aromatic heterocycles. The molecule has 140 valence electrons. The summed E-state index contributed by atoms with van der Waals surface area (Å²) < 4.78 is 13.5. The smallest absolute Gasteiger partial charge is 0.332 e. The molecule has 6 heteroatoms. The molecule has 0 aliphatic heterocycles. The summed E-state index contributed by atoms with van der Waals surface area (Å²) in [5.74, 6) is 0.897. The van der Waals surface area contributed by atoms with Crippen molar-refractivity contribution in [3.8, 4) is 11.5 Å². The molecule has 27 heavy (non-hydrogen) atoms. The minimum absolute atomic E-state index is 0.193. The molecule has 1 heterocycles. The molecule has 3 rings (SSSR count). The van der Waals surface area contributed by atoms with Crippen molar-refractivity contribution in [2.75, 3.05) is 14.2 Å². The van der Waals surface area contributed by atoms with Gasteiger partial charge in [0, 0.05) is 12.6 Å². The van der Waals surface area contributed by atoms with Crippen molar-refractivity contribution in [2.45, 2.75) is 20.0 Å². The number of rotatable bonds is 6. The summed E-state index contributed by atoms with van der Waals surface area (Å²) in [7, 11) is 3.03. The van der Waals surface area contributed by atoms with Crippen molar-refractivity contribution >= 4 is 10.9 Å². The van der Waals surface area contributed by atoms with Gasteiger partial charge < -0.3 is 9.47 Å². The van der Waals surface area contributed by atoms with E-state index in [1.165, 1.54) is 18.8 Å². The van der Waals surface area contributed by atoms with E-state index < -0.39 is 0 Å². The predicted molar refractivity (Wildman–Crippen MR) is 106 cm³/mol. The van der Waals surface area contributed by atoms with Crippen LogP contribution in [0.1, 0.15) is 12.5 Å². The van der Waals surface area contributed by atoms with E-state index in [0.29, 0.717) is 28.9 Å². The second-order valence-electron chi connectivity index (χ2n) is 6.43. The van der Waals surface area contributed by atoms with Crippen LogP contribution in [0.5, 0.6) is 11.5 Å². The lowest BCUT2D eigenvalue weighted by Crippen LogP contribution is -2.40. The average Bonchev–Trinajstić information content (AvgIpc) is 2.68. The first-order valence-electron chi connectivity index (χ1n) is 8.54. The highest BCUT2D eigenvalue weighted by Crippen LogP contribution is 2.30. The summed E-state index contributed by atoms with van der Waals surface area (Å²) >= 11 is 0. The summed E-state index contributed by atoms with van der Waals surface area (Å²) in [5, 5.41) is 0.393. The Morgan fingerprint density at radius 1 is 1.00 bits per heavy atom. The van der Waals surface area contributed by atoms with Gasteiger partial charge in [0.1, 0.15) is 0 Å². The molecule has 3 aromatic rings. The van der Waals surface area contributed by atoms with Gasteiger partial charge in [-0.2, -0.15) is 0 Å². The number of aromatic nitrogens is 2. The van der Waals surface area contributed by atoms with Gasteiger partial charge in [-0.3, -0.25) is 13.9 Å². The van der Waals surface area contributed by atoms with Gasteiger partial charge in [-0.1, -0.05) is 42.5 Å². The van der Waals surface area contributed by atoms with Crippen molar-refractivity contribution in [1.82, 2.24) is 9.13 Å². The topological polar surface area (TPSA) is 62.5 Å². The van der Waals surface area contributed by atoms with Gasteiger partial charge in [-0.25, -0.2) is 4.79 Å². The molecular weight excluding hydrogens is 344 g/mol. The van der Waals surface area contributed by atoms with Crippen LogP contribution in [0.25, 0.3) is 10.9 Å². The van der Waals surface area contributed by atoms with Crippen LogP contribution in [0.2, 0.25) is 0 Å². The minimum atomic E-state index is -0.383. The summed E-state index contributed by atoms with van der Waals surface area (Å²) in [5.41, 5.74) is 1.43. The first kappa shape index (κ1) is 18.5. The van der Waals surface area contributed by atoms with Gasteiger partial charge in [-0.15, -0.1) is 0 Å². The van der Waals surface area contributed by atoms with E-state index in [1.807, 2.05) is 37.3 Å². The Balaban J connectivity index is 2.35. The zero-order chi connectivity index (χ0) is 19.6. The largest absolute Gasteiger partial charge is 0.493 e. The Morgan fingerprint density at radius 3 is 2.22 bits per heavy atom. The lowest BCUT2D eigenvalue weighted by atomic mass is 10.2. The molecule has 0 unspecified atom stereocenters. The fourth-order valence-corrected chi connectivity index (χ4v) is 3.07. The zero-order valence-electron chi connectivity index (χ0n) is 15.7. The standard InChI is InChI=1S/C21H22N2O4/c1-14(2)12-22-17-11-19(27-4)18(26-3)10-16(17)20(24)23(21(22)25)13-15-8-6-5-7-9-15/h5-11H,1,12-13H2,2-4H3. The van der Waals surface area contributed by atoms with Gasteiger partial charge in [0.2, 0.25) is 0 Å². The summed E-state index contributed by atoms with van der Waals surface area (Å²) in [6.07, 6.45) is 0. The first-order chi connectivity index (χ1) is 13.0. The molecule has 0 spiro atoms. The molecule has 0 radical (unpaired) electrons. The Labute approximate surface area is 156 Å². The fraction of sp³-hybridized carbons (Fsp3) is 0.238. The van der Waals surface area contributed by atoms with Crippen LogP contribution in [0.4, 0.5) is 0 Å². The van der Waals surface area contributed by atoms with Gasteiger partial charge >= 0.3 is 5.69 Å². The number of benzene rings is 2. The highest BCUT2D eigenvalue weighted by Gasteiger charge is 2.17. The quantitative estimate of drug-likeness (QED) is 0.630. The van der Waals surface area contributed by atoms with Gasteiger partial charge in [0.25, 0.3) is 5.56 Å². The van der Waals surface area contributed by atoms with E-state index in [1.54, 1.807) is 16.7 Å². The first-order valence-corrected chi connectivity index (χ1v) is 8.54. The molecule has 6 nitrogen and oxygen atoms in total.